The van der Waals surface area contributed by atoms with Crippen LogP contribution in [0.3, 0.4) is 0 Å². The van der Waals surface area contributed by atoms with Crippen molar-refractivity contribution in [3.8, 4) is 12.1 Å². The van der Waals surface area contributed by atoms with E-state index >= 15 is 0 Å². The number of piperazine rings is 1. The Labute approximate surface area is 276 Å². The van der Waals surface area contributed by atoms with E-state index in [1.54, 1.807) is 4.90 Å². The van der Waals surface area contributed by atoms with Gasteiger partial charge in [-0.15, -0.1) is 0 Å². The maximum Gasteiger partial charge on any atom is 0.410 e. The number of halogens is 1. The molecule has 0 radical (unpaired) electrons. The van der Waals surface area contributed by atoms with Gasteiger partial charge in [0.05, 0.1) is 35.8 Å². The van der Waals surface area contributed by atoms with Crippen LogP contribution in [-0.4, -0.2) is 89.9 Å². The zero-order chi connectivity index (χ0) is 32.4. The van der Waals surface area contributed by atoms with E-state index in [4.69, 9.17) is 31.0 Å². The number of fused-ring (bicyclic) bond motifs is 2. The minimum atomic E-state index is -0.616. The van der Waals surface area contributed by atoms with Crippen LogP contribution in [0.25, 0.3) is 10.8 Å². The number of amides is 1. The predicted octanol–water partition coefficient (Wildman–Crippen LogP) is 6.05. The zero-order valence-electron chi connectivity index (χ0n) is 27.3. The van der Waals surface area contributed by atoms with Gasteiger partial charge in [0.25, 0.3) is 0 Å². The molecule has 3 aliphatic rings. The van der Waals surface area contributed by atoms with Crippen molar-refractivity contribution in [2.75, 3.05) is 56.2 Å². The average Bonchev–Trinajstić information content (AvgIpc) is 3.30. The standard InChI is InChI=1S/C35H44ClN7O3/c1-35(2,3)46-34(44)43-20-19-42(21-25(43)15-16-37)32-27-12-8-18-41(30-14-6-10-24-9-5-13-28(36)31(24)30)22-29(27)38-33(39-32)45-23-26-11-7-17-40(26)4/h5-6,9-10,13-14,25-26H,7-8,11-12,15,17-23H2,1-4H3/t25?,26-/m0/s1. The monoisotopic (exact) mass is 645 g/mol. The lowest BCUT2D eigenvalue weighted by Gasteiger charge is -2.42. The van der Waals surface area contributed by atoms with Gasteiger partial charge in [-0.05, 0) is 77.6 Å². The van der Waals surface area contributed by atoms with Gasteiger partial charge in [-0.2, -0.15) is 15.2 Å². The third-order valence-electron chi connectivity index (χ3n) is 9.23. The highest BCUT2D eigenvalue weighted by atomic mass is 35.5. The van der Waals surface area contributed by atoms with Crippen LogP contribution < -0.4 is 14.5 Å². The van der Waals surface area contributed by atoms with E-state index < -0.39 is 5.60 Å². The Hall–Kier alpha value is -3.81. The van der Waals surface area contributed by atoms with Gasteiger partial charge in [0.2, 0.25) is 0 Å². The molecule has 0 spiro atoms. The molecular weight excluding hydrogens is 602 g/mol. The maximum atomic E-state index is 13.1. The van der Waals surface area contributed by atoms with E-state index in [1.807, 2.05) is 32.9 Å². The Morgan fingerprint density at radius 3 is 2.59 bits per heavy atom. The fourth-order valence-electron chi connectivity index (χ4n) is 6.91. The van der Waals surface area contributed by atoms with Crippen LogP contribution in [-0.2, 0) is 17.7 Å². The molecule has 4 heterocycles. The first-order valence-electron chi connectivity index (χ1n) is 16.4. The summed E-state index contributed by atoms with van der Waals surface area (Å²) in [6.07, 6.45) is 3.79. The quantitative estimate of drug-likeness (QED) is 0.317. The Morgan fingerprint density at radius 2 is 1.85 bits per heavy atom. The minimum Gasteiger partial charge on any atom is -0.462 e. The second-order valence-corrected chi connectivity index (χ2v) is 14.0. The van der Waals surface area contributed by atoms with Crippen molar-refractivity contribution in [1.82, 2.24) is 19.8 Å². The van der Waals surface area contributed by atoms with Crippen molar-refractivity contribution >= 4 is 40.0 Å². The van der Waals surface area contributed by atoms with Crippen LogP contribution in [0.2, 0.25) is 5.02 Å². The van der Waals surface area contributed by atoms with Gasteiger partial charge in [0.1, 0.15) is 18.0 Å². The fraction of sp³-hybridized carbons (Fsp3) is 0.543. The number of carbonyl (C=O) groups is 1. The molecule has 2 saturated heterocycles. The van der Waals surface area contributed by atoms with E-state index in [2.05, 4.69) is 52.1 Å². The van der Waals surface area contributed by atoms with Crippen molar-refractivity contribution < 1.29 is 14.3 Å². The Kier molecular flexibility index (Phi) is 9.44. The summed E-state index contributed by atoms with van der Waals surface area (Å²) in [5, 5.41) is 12.6. The van der Waals surface area contributed by atoms with Crippen LogP contribution >= 0.6 is 11.6 Å². The van der Waals surface area contributed by atoms with Gasteiger partial charge < -0.3 is 29.1 Å². The topological polar surface area (TPSA) is 98.1 Å². The van der Waals surface area contributed by atoms with Crippen LogP contribution in [0, 0.1) is 11.3 Å². The van der Waals surface area contributed by atoms with Gasteiger partial charge >= 0.3 is 12.1 Å². The van der Waals surface area contributed by atoms with Crippen molar-refractivity contribution in [2.45, 2.75) is 77.1 Å². The molecule has 10 nitrogen and oxygen atoms in total. The SMILES string of the molecule is CN1CCC[C@H]1COc1nc2c(c(N3CCN(C(=O)OC(C)(C)C)C(CC#N)C3)n1)CCCN(c1cccc3cccc(Cl)c13)C2. The van der Waals surface area contributed by atoms with Crippen LogP contribution in [0.1, 0.15) is 57.7 Å². The molecule has 0 N–H and O–H groups in total. The van der Waals surface area contributed by atoms with Gasteiger partial charge in [0.15, 0.2) is 0 Å². The second kappa shape index (κ2) is 13.5. The van der Waals surface area contributed by atoms with Crippen molar-refractivity contribution in [3.05, 3.63) is 52.7 Å². The van der Waals surface area contributed by atoms with Gasteiger partial charge in [-0.3, -0.25) is 0 Å². The second-order valence-electron chi connectivity index (χ2n) is 13.6. The number of nitriles is 1. The lowest BCUT2D eigenvalue weighted by molar-refractivity contribution is 0.0144. The minimum absolute atomic E-state index is 0.204. The third kappa shape index (κ3) is 6.96. The van der Waals surface area contributed by atoms with E-state index in [1.165, 1.54) is 0 Å². The van der Waals surface area contributed by atoms with Gasteiger partial charge in [-0.25, -0.2) is 4.79 Å². The molecule has 244 valence electrons. The first-order chi connectivity index (χ1) is 22.1. The molecule has 0 aliphatic carbocycles. The molecule has 1 unspecified atom stereocenters. The maximum absolute atomic E-state index is 13.1. The highest BCUT2D eigenvalue weighted by Gasteiger charge is 2.36. The summed E-state index contributed by atoms with van der Waals surface area (Å²) in [6, 6.07) is 15.0. The summed E-state index contributed by atoms with van der Waals surface area (Å²) in [6.45, 7) is 10.1. The molecule has 2 aromatic carbocycles. The van der Waals surface area contributed by atoms with Gasteiger partial charge in [-0.1, -0.05) is 35.9 Å². The summed E-state index contributed by atoms with van der Waals surface area (Å²) in [7, 11) is 2.14. The number of aromatic nitrogens is 2. The molecule has 2 fully saturated rings. The molecule has 3 aliphatic heterocycles. The molecule has 0 saturated carbocycles. The molecule has 1 amide bonds. The molecule has 1 aromatic heterocycles. The molecule has 46 heavy (non-hydrogen) atoms. The highest BCUT2D eigenvalue weighted by molar-refractivity contribution is 6.36. The highest BCUT2D eigenvalue weighted by Crippen LogP contribution is 2.37. The first-order valence-corrected chi connectivity index (χ1v) is 16.8. The predicted molar refractivity (Wildman–Crippen MR) is 181 cm³/mol. The zero-order valence-corrected chi connectivity index (χ0v) is 28.1. The number of benzene rings is 2. The smallest absolute Gasteiger partial charge is 0.410 e. The molecule has 2 atom stereocenters. The normalized spacial score (nSPS) is 20.7. The number of hydrogen-bond donors (Lipinski definition) is 0. The van der Waals surface area contributed by atoms with Gasteiger partial charge in [0, 0.05) is 48.9 Å². The summed E-state index contributed by atoms with van der Waals surface area (Å²) in [4.78, 5) is 31.8. The Bertz CT molecular complexity index is 1610. The third-order valence-corrected chi connectivity index (χ3v) is 9.55. The summed E-state index contributed by atoms with van der Waals surface area (Å²) < 4.78 is 12.0. The van der Waals surface area contributed by atoms with E-state index in [0.29, 0.717) is 44.8 Å². The first kappa shape index (κ1) is 32.1. The van der Waals surface area contributed by atoms with Crippen LogP contribution in [0.15, 0.2) is 36.4 Å². The number of ether oxygens (including phenoxy) is 2. The molecular formula is C35H44ClN7O3. The molecule has 11 heteroatoms. The summed E-state index contributed by atoms with van der Waals surface area (Å²) >= 11 is 6.76. The lowest BCUT2D eigenvalue weighted by atomic mass is 10.1. The van der Waals surface area contributed by atoms with E-state index in [-0.39, 0.29) is 18.6 Å². The van der Waals surface area contributed by atoms with E-state index in [0.717, 1.165) is 77.3 Å². The Morgan fingerprint density at radius 1 is 1.04 bits per heavy atom. The number of anilines is 2. The number of likely N-dealkylation sites (tertiary alicyclic amines) is 1. The van der Waals surface area contributed by atoms with Crippen LogP contribution in [0.5, 0.6) is 6.01 Å². The number of nitrogens with zero attached hydrogens (tertiary/aromatic N) is 7. The number of rotatable bonds is 6. The summed E-state index contributed by atoms with van der Waals surface area (Å²) in [5.41, 5.74) is 2.51. The summed E-state index contributed by atoms with van der Waals surface area (Å²) in [5.74, 6) is 0.837. The van der Waals surface area contributed by atoms with E-state index in [9.17, 15) is 10.1 Å². The molecule has 6 rings (SSSR count). The van der Waals surface area contributed by atoms with Crippen molar-refractivity contribution in [2.24, 2.45) is 0 Å². The Balaban J connectivity index is 1.34. The van der Waals surface area contributed by atoms with Crippen molar-refractivity contribution in [3.63, 3.8) is 0 Å². The number of likely N-dealkylation sites (N-methyl/N-ethyl adjacent to an activating group) is 1. The fourth-order valence-corrected chi connectivity index (χ4v) is 7.19. The number of hydrogen-bond acceptors (Lipinski definition) is 9. The molecule has 0 bridgehead atoms. The van der Waals surface area contributed by atoms with Crippen molar-refractivity contribution in [1.29, 1.82) is 5.26 Å². The average molecular weight is 646 g/mol. The molecule has 3 aromatic rings. The lowest BCUT2D eigenvalue weighted by Crippen LogP contribution is -2.56. The largest absolute Gasteiger partial charge is 0.462 e. The van der Waals surface area contributed by atoms with Crippen LogP contribution in [0.4, 0.5) is 16.3 Å². The number of carbonyl (C=O) groups excluding carboxylic acids is 1.